The van der Waals surface area contributed by atoms with Gasteiger partial charge in [-0.2, -0.15) is 0 Å². The van der Waals surface area contributed by atoms with Crippen LogP contribution in [0.1, 0.15) is 83.8 Å². The van der Waals surface area contributed by atoms with E-state index in [0.717, 1.165) is 33.8 Å². The summed E-state index contributed by atoms with van der Waals surface area (Å²) in [5, 5.41) is 13.7. The molecule has 1 fully saturated rings. The number of amides is 8. The van der Waals surface area contributed by atoms with Gasteiger partial charge in [0, 0.05) is 108 Å². The molecule has 2 atom stereocenters. The molecule has 7 rings (SSSR count). The monoisotopic (exact) mass is 1130 g/mol. The van der Waals surface area contributed by atoms with Crippen molar-refractivity contribution in [3.63, 3.8) is 0 Å². The van der Waals surface area contributed by atoms with Crippen LogP contribution in [0.15, 0.2) is 84.2 Å². The van der Waals surface area contributed by atoms with Crippen molar-refractivity contribution in [3.05, 3.63) is 96.2 Å². The number of rotatable bonds is 30. The topological polar surface area (TPSA) is 302 Å². The smallest absolute Gasteiger partial charge is 0.328 e. The van der Waals surface area contributed by atoms with Gasteiger partial charge in [-0.1, -0.05) is 38.1 Å². The number of aliphatic imine (C=N–C) groups is 1. The summed E-state index contributed by atoms with van der Waals surface area (Å²) in [5.74, 6) is -2.75. The number of carbonyl (C=O) groups excluding carboxylic acids is 9. The summed E-state index contributed by atoms with van der Waals surface area (Å²) in [6.07, 6.45) is 8.83. The van der Waals surface area contributed by atoms with E-state index >= 15 is 0 Å². The van der Waals surface area contributed by atoms with Gasteiger partial charge in [0.25, 0.3) is 29.5 Å². The lowest BCUT2D eigenvalue weighted by Crippen LogP contribution is -2.45. The van der Waals surface area contributed by atoms with Crippen molar-refractivity contribution in [3.8, 4) is 22.6 Å². The fourth-order valence-electron chi connectivity index (χ4n) is 8.92. The second-order valence-corrected chi connectivity index (χ2v) is 19.9. The van der Waals surface area contributed by atoms with Crippen LogP contribution >= 0.6 is 0 Å². The van der Waals surface area contributed by atoms with Gasteiger partial charge in [0.1, 0.15) is 11.7 Å². The molecule has 8 amide bonds. The van der Waals surface area contributed by atoms with Crippen LogP contribution in [0.2, 0.25) is 0 Å². The van der Waals surface area contributed by atoms with Crippen LogP contribution in [-0.2, 0) is 57.1 Å². The molecule has 1 saturated heterocycles. The van der Waals surface area contributed by atoms with Gasteiger partial charge >= 0.3 is 5.97 Å². The second kappa shape index (κ2) is 29.0. The summed E-state index contributed by atoms with van der Waals surface area (Å²) >= 11 is 0. The molecule has 3 aliphatic rings. The zero-order valence-electron chi connectivity index (χ0n) is 46.6. The van der Waals surface area contributed by atoms with Crippen molar-refractivity contribution < 1.29 is 66.8 Å². The molecule has 3 aliphatic heterocycles. The summed E-state index contributed by atoms with van der Waals surface area (Å²) in [6, 6.07) is 11.0. The maximum Gasteiger partial charge on any atom is 0.328 e. The van der Waals surface area contributed by atoms with Crippen molar-refractivity contribution in [1.29, 1.82) is 0 Å². The number of anilines is 2. The summed E-state index contributed by atoms with van der Waals surface area (Å²) < 4.78 is 31.0. The van der Waals surface area contributed by atoms with Crippen LogP contribution in [0.5, 0.6) is 11.5 Å². The molecular formula is C57H69N11O14. The predicted molar refractivity (Wildman–Crippen MR) is 300 cm³/mol. The van der Waals surface area contributed by atoms with Crippen molar-refractivity contribution in [1.82, 2.24) is 39.9 Å². The minimum absolute atomic E-state index is 0.00290. The molecule has 25 heteroatoms. The number of nitrogens with one attached hydrogen (secondary N) is 5. The summed E-state index contributed by atoms with van der Waals surface area (Å²) in [5.41, 5.74) is 4.28. The van der Waals surface area contributed by atoms with Crippen LogP contribution in [0.3, 0.4) is 0 Å². The number of hydrogen-bond acceptors (Lipinski definition) is 16. The SMILES string of the molecule is C=C1C[C@H]2C=Nc3cc(OCCCC(=O)Nc4cn(C)c(C(=O)Nc5ccc(-c6cc(C(=O)NCCCOC(=O)[C@H](NC(=O)CCOCCOCCNC(=O)CCN7C(=O)C=CC7=O)C(C)C)n(C)c6)cc5)n4)c(OC)cc3C(=O)N2C1. The minimum atomic E-state index is -0.890. The van der Waals surface area contributed by atoms with Gasteiger partial charge in [0.2, 0.25) is 23.5 Å². The maximum absolute atomic E-state index is 13.3. The zero-order valence-corrected chi connectivity index (χ0v) is 46.6. The summed E-state index contributed by atoms with van der Waals surface area (Å²) in [7, 11) is 4.87. The van der Waals surface area contributed by atoms with Crippen molar-refractivity contribution in [2.75, 3.05) is 83.6 Å². The highest BCUT2D eigenvalue weighted by atomic mass is 16.5. The van der Waals surface area contributed by atoms with E-state index in [-0.39, 0.29) is 126 Å². The molecule has 0 spiro atoms. The predicted octanol–water partition coefficient (Wildman–Crippen LogP) is 3.63. The number of nitrogens with zero attached hydrogens (tertiary/aromatic N) is 6. The number of imidazole rings is 1. The van der Waals surface area contributed by atoms with Gasteiger partial charge in [0.05, 0.1) is 64.0 Å². The Morgan fingerprint density at radius 1 is 0.744 bits per heavy atom. The minimum Gasteiger partial charge on any atom is -0.493 e. The molecular weight excluding hydrogens is 1060 g/mol. The first-order chi connectivity index (χ1) is 39.4. The van der Waals surface area contributed by atoms with Crippen LogP contribution in [0.25, 0.3) is 11.1 Å². The summed E-state index contributed by atoms with van der Waals surface area (Å²) in [6.45, 7) is 9.39. The molecule has 4 aromatic rings. The van der Waals surface area contributed by atoms with E-state index in [4.69, 9.17) is 23.7 Å². The molecule has 0 unspecified atom stereocenters. The molecule has 2 aromatic carbocycles. The van der Waals surface area contributed by atoms with Crippen LogP contribution in [0, 0.1) is 5.92 Å². The van der Waals surface area contributed by atoms with E-state index in [2.05, 4.69) is 43.1 Å². The largest absolute Gasteiger partial charge is 0.493 e. The number of aryl methyl sites for hydroxylation is 2. The number of fused-ring (bicyclic) bond motifs is 2. The van der Waals surface area contributed by atoms with Gasteiger partial charge in [-0.05, 0) is 55.0 Å². The number of imide groups is 1. The number of aromatic nitrogens is 3. The van der Waals surface area contributed by atoms with Gasteiger partial charge in [0.15, 0.2) is 17.3 Å². The lowest BCUT2D eigenvalue weighted by molar-refractivity contribution is -0.149. The molecule has 0 bridgehead atoms. The fraction of sp³-hybridized carbons (Fsp3) is 0.421. The van der Waals surface area contributed by atoms with E-state index in [9.17, 15) is 43.2 Å². The van der Waals surface area contributed by atoms with E-state index in [1.807, 2.05) is 0 Å². The normalized spacial score (nSPS) is 14.8. The highest BCUT2D eigenvalue weighted by Gasteiger charge is 2.34. The van der Waals surface area contributed by atoms with Gasteiger partial charge in [-0.3, -0.25) is 48.2 Å². The standard InChI is InChI=1S/C57H69N11O14/c1-35(2)52(64-49(71)17-23-79-25-26-80-24-19-58-47(69)16-20-67-50(72)14-15-51(67)73)57(77)82-22-8-18-59-54(74)43-28-38(33-65(43)4)37-10-12-39(13-11-37)61-55(75)53-63-46(34-66(53)5)62-48(70)9-7-21-81-45-30-42-41(29-44(45)78-6)56(76)68-32-36(3)27-40(68)31-60-42/h10-15,28-31,33-35,40,52H,3,7-9,16-27,32H2,1-2,4-6H3,(H,58,69)(H,59,74)(H,61,75)(H,62,70)(H,64,71)/t40-,52+/m0/s1. The van der Waals surface area contributed by atoms with E-state index in [1.165, 1.54) is 17.9 Å². The molecule has 2 aromatic heterocycles. The number of hydrogen-bond donors (Lipinski definition) is 5. The third-order valence-electron chi connectivity index (χ3n) is 13.3. The fourth-order valence-corrected chi connectivity index (χ4v) is 8.92. The number of esters is 1. The second-order valence-electron chi connectivity index (χ2n) is 19.9. The lowest BCUT2D eigenvalue weighted by Gasteiger charge is -2.21. The Morgan fingerprint density at radius 2 is 1.49 bits per heavy atom. The number of benzene rings is 2. The molecule has 25 nitrogen and oxygen atoms in total. The Bertz CT molecular complexity index is 3090. The van der Waals surface area contributed by atoms with Gasteiger partial charge in [-0.25, -0.2) is 9.78 Å². The van der Waals surface area contributed by atoms with Crippen molar-refractivity contribution >= 4 is 76.6 Å². The Morgan fingerprint density at radius 3 is 2.22 bits per heavy atom. The number of methoxy groups -OCH3 is 1. The van der Waals surface area contributed by atoms with Gasteiger partial charge < -0.3 is 64.3 Å². The number of carbonyl (C=O) groups is 9. The maximum atomic E-state index is 13.3. The third-order valence-corrected chi connectivity index (χ3v) is 13.3. The Kier molecular flexibility index (Phi) is 21.4. The lowest BCUT2D eigenvalue weighted by atomic mass is 10.0. The van der Waals surface area contributed by atoms with Crippen molar-refractivity contribution in [2.24, 2.45) is 25.0 Å². The van der Waals surface area contributed by atoms with Crippen LogP contribution < -0.4 is 36.1 Å². The average molecular weight is 1130 g/mol. The van der Waals surface area contributed by atoms with E-state index in [0.29, 0.717) is 59.9 Å². The Balaban J connectivity index is 0.752. The Hall–Kier alpha value is -8.97. The molecule has 436 valence electrons. The first-order valence-corrected chi connectivity index (χ1v) is 26.9. The zero-order chi connectivity index (χ0) is 58.9. The molecule has 5 heterocycles. The molecule has 0 radical (unpaired) electrons. The van der Waals surface area contributed by atoms with Crippen molar-refractivity contribution in [2.45, 2.75) is 64.5 Å². The first kappa shape index (κ1) is 60.7. The number of ether oxygens (including phenoxy) is 5. The van der Waals surface area contributed by atoms with E-state index < -0.39 is 35.6 Å². The molecule has 0 aliphatic carbocycles. The van der Waals surface area contributed by atoms with Gasteiger partial charge in [-0.15, -0.1) is 0 Å². The third kappa shape index (κ3) is 16.6. The highest BCUT2D eigenvalue weighted by molar-refractivity contribution is 6.13. The summed E-state index contributed by atoms with van der Waals surface area (Å²) in [4.78, 5) is 125. The first-order valence-electron chi connectivity index (χ1n) is 26.9. The van der Waals surface area contributed by atoms with E-state index in [1.54, 1.807) is 92.3 Å². The molecule has 0 saturated carbocycles. The quantitative estimate of drug-likeness (QED) is 0.0216. The molecule has 5 N–H and O–H groups in total. The Labute approximate surface area is 473 Å². The van der Waals surface area contributed by atoms with Crippen LogP contribution in [0.4, 0.5) is 17.2 Å². The van der Waals surface area contributed by atoms with Crippen LogP contribution in [-0.4, -0.2) is 168 Å². The highest BCUT2D eigenvalue weighted by Crippen LogP contribution is 2.38. The molecule has 82 heavy (non-hydrogen) atoms. The average Bonchev–Trinajstić information content (AvgIpc) is 4.33.